The zero-order valence-corrected chi connectivity index (χ0v) is 12.5. The summed E-state index contributed by atoms with van der Waals surface area (Å²) in [5.74, 6) is 0.0651. The smallest absolute Gasteiger partial charge is 0.196 e. The molecule has 110 valence electrons. The molecule has 0 bridgehead atoms. The van der Waals surface area contributed by atoms with E-state index in [-0.39, 0.29) is 5.78 Å². The van der Waals surface area contributed by atoms with Gasteiger partial charge in [0.15, 0.2) is 5.78 Å². The maximum atomic E-state index is 12.5. The normalized spacial score (nSPS) is 17.2. The molecule has 0 saturated carbocycles. The fourth-order valence-electron chi connectivity index (χ4n) is 2.64. The highest BCUT2D eigenvalue weighted by Crippen LogP contribution is 2.13. The number of hydrogen-bond donors (Lipinski definition) is 0. The first kappa shape index (κ1) is 14.1. The largest absolute Gasteiger partial charge is 0.304 e. The van der Waals surface area contributed by atoms with Crippen molar-refractivity contribution >= 4 is 16.8 Å². The van der Waals surface area contributed by atoms with Gasteiger partial charge in [0.2, 0.25) is 0 Å². The molecule has 0 aliphatic carbocycles. The summed E-state index contributed by atoms with van der Waals surface area (Å²) in [7, 11) is 2.11. The number of piperazine rings is 1. The highest BCUT2D eigenvalue weighted by molar-refractivity contribution is 5.98. The van der Waals surface area contributed by atoms with E-state index in [0.717, 1.165) is 37.2 Å². The molecule has 3 rings (SSSR count). The zero-order chi connectivity index (χ0) is 14.8. The van der Waals surface area contributed by atoms with E-state index in [1.54, 1.807) is 0 Å². The quantitative estimate of drug-likeness (QED) is 0.797. The number of fused-ring (bicyclic) bond motifs is 1. The highest BCUT2D eigenvalue weighted by atomic mass is 16.1. The van der Waals surface area contributed by atoms with Gasteiger partial charge in [-0.15, -0.1) is 0 Å². The molecular formula is C16H20N4O. The van der Waals surface area contributed by atoms with E-state index in [1.807, 2.05) is 31.2 Å². The highest BCUT2D eigenvalue weighted by Gasteiger charge is 2.20. The Morgan fingerprint density at radius 1 is 1.10 bits per heavy atom. The van der Waals surface area contributed by atoms with Gasteiger partial charge in [0, 0.05) is 26.2 Å². The van der Waals surface area contributed by atoms with E-state index in [9.17, 15) is 4.79 Å². The van der Waals surface area contributed by atoms with Crippen LogP contribution < -0.4 is 0 Å². The fraction of sp³-hybridized carbons (Fsp3) is 0.438. The van der Waals surface area contributed by atoms with Crippen LogP contribution in [0.4, 0.5) is 0 Å². The molecule has 2 aromatic rings. The number of aromatic nitrogens is 2. The first-order chi connectivity index (χ1) is 10.1. The number of Topliss-reactive ketones (excluding diaryl/α,β-unsaturated/α-hetero) is 1. The lowest BCUT2D eigenvalue weighted by atomic mass is 10.2. The third kappa shape index (κ3) is 3.09. The first-order valence-electron chi connectivity index (χ1n) is 7.31. The number of hydrogen-bond acceptors (Lipinski definition) is 5. The maximum absolute atomic E-state index is 12.5. The summed E-state index contributed by atoms with van der Waals surface area (Å²) in [6.45, 7) is 6.17. The number of rotatable bonds is 3. The average Bonchev–Trinajstić information content (AvgIpc) is 2.49. The van der Waals surface area contributed by atoms with Crippen molar-refractivity contribution in [2.75, 3.05) is 39.8 Å². The van der Waals surface area contributed by atoms with Gasteiger partial charge < -0.3 is 4.90 Å². The minimum atomic E-state index is 0.0651. The maximum Gasteiger partial charge on any atom is 0.196 e. The van der Waals surface area contributed by atoms with Gasteiger partial charge >= 0.3 is 0 Å². The summed E-state index contributed by atoms with van der Waals surface area (Å²) in [5.41, 5.74) is 2.84. The molecule has 5 heteroatoms. The van der Waals surface area contributed by atoms with Crippen molar-refractivity contribution in [3.8, 4) is 0 Å². The average molecular weight is 284 g/mol. The Hall–Kier alpha value is -1.85. The van der Waals surface area contributed by atoms with Crippen LogP contribution in [0.25, 0.3) is 11.0 Å². The molecule has 1 aliphatic heterocycles. The van der Waals surface area contributed by atoms with E-state index in [0.29, 0.717) is 17.9 Å². The second-order valence-corrected chi connectivity index (χ2v) is 5.65. The standard InChI is InChI=1S/C16H20N4O/c1-12-16(18-14-6-4-3-5-13(14)17-12)15(21)11-20-9-7-19(2)8-10-20/h3-6H,7-11H2,1-2H3. The van der Waals surface area contributed by atoms with Crippen molar-refractivity contribution < 1.29 is 4.79 Å². The van der Waals surface area contributed by atoms with Crippen molar-refractivity contribution in [3.63, 3.8) is 0 Å². The number of carbonyl (C=O) groups is 1. The Labute approximate surface area is 124 Å². The lowest BCUT2D eigenvalue weighted by Crippen LogP contribution is -2.46. The van der Waals surface area contributed by atoms with Crippen molar-refractivity contribution in [3.05, 3.63) is 35.7 Å². The molecule has 21 heavy (non-hydrogen) atoms. The summed E-state index contributed by atoms with van der Waals surface area (Å²) in [6.07, 6.45) is 0. The van der Waals surface area contributed by atoms with Gasteiger partial charge in [0.05, 0.1) is 23.3 Å². The first-order valence-corrected chi connectivity index (χ1v) is 7.31. The van der Waals surface area contributed by atoms with Crippen molar-refractivity contribution in [1.82, 2.24) is 19.8 Å². The number of carbonyl (C=O) groups excluding carboxylic acids is 1. The van der Waals surface area contributed by atoms with Crippen LogP contribution >= 0.6 is 0 Å². The summed E-state index contributed by atoms with van der Waals surface area (Å²) >= 11 is 0. The van der Waals surface area contributed by atoms with Crippen molar-refractivity contribution in [2.24, 2.45) is 0 Å². The van der Waals surface area contributed by atoms with Crippen LogP contribution in [0.3, 0.4) is 0 Å². The Bertz CT molecular complexity index is 662. The molecule has 1 aromatic heterocycles. The summed E-state index contributed by atoms with van der Waals surface area (Å²) in [5, 5.41) is 0. The monoisotopic (exact) mass is 284 g/mol. The lowest BCUT2D eigenvalue weighted by molar-refractivity contribution is 0.0871. The van der Waals surface area contributed by atoms with Crippen LogP contribution in [0.1, 0.15) is 16.2 Å². The Kier molecular flexibility index (Phi) is 3.94. The van der Waals surface area contributed by atoms with Crippen LogP contribution in [0.5, 0.6) is 0 Å². The van der Waals surface area contributed by atoms with Crippen molar-refractivity contribution in [1.29, 1.82) is 0 Å². The number of para-hydroxylation sites is 2. The number of nitrogens with zero attached hydrogens (tertiary/aromatic N) is 4. The van der Waals surface area contributed by atoms with Crippen LogP contribution in [0.15, 0.2) is 24.3 Å². The molecule has 1 fully saturated rings. The van der Waals surface area contributed by atoms with E-state index in [1.165, 1.54) is 0 Å². The number of aryl methyl sites for hydroxylation is 1. The van der Waals surface area contributed by atoms with Crippen LogP contribution in [-0.2, 0) is 0 Å². The molecule has 0 N–H and O–H groups in total. The second-order valence-electron chi connectivity index (χ2n) is 5.65. The molecule has 1 aliphatic rings. The number of benzene rings is 1. The molecule has 5 nitrogen and oxygen atoms in total. The Morgan fingerprint density at radius 3 is 2.38 bits per heavy atom. The number of likely N-dealkylation sites (N-methyl/N-ethyl adjacent to an activating group) is 1. The van der Waals surface area contributed by atoms with Crippen molar-refractivity contribution in [2.45, 2.75) is 6.92 Å². The topological polar surface area (TPSA) is 49.3 Å². The molecule has 0 spiro atoms. The van der Waals surface area contributed by atoms with Gasteiger partial charge in [-0.1, -0.05) is 12.1 Å². The predicted octanol–water partition coefficient (Wildman–Crippen LogP) is 1.37. The molecule has 1 aromatic carbocycles. The molecule has 0 radical (unpaired) electrons. The Balaban J connectivity index is 1.79. The van der Waals surface area contributed by atoms with Crippen LogP contribution in [0.2, 0.25) is 0 Å². The Morgan fingerprint density at radius 2 is 1.71 bits per heavy atom. The summed E-state index contributed by atoms with van der Waals surface area (Å²) in [6, 6.07) is 7.67. The SMILES string of the molecule is Cc1nc2ccccc2nc1C(=O)CN1CCN(C)CC1. The van der Waals surface area contributed by atoms with Gasteiger partial charge in [0.1, 0.15) is 5.69 Å². The summed E-state index contributed by atoms with van der Waals surface area (Å²) in [4.78, 5) is 26.0. The zero-order valence-electron chi connectivity index (χ0n) is 12.5. The van der Waals surface area contributed by atoms with E-state index >= 15 is 0 Å². The lowest BCUT2D eigenvalue weighted by Gasteiger charge is -2.31. The second kappa shape index (κ2) is 5.87. The van der Waals surface area contributed by atoms with Crippen LogP contribution in [-0.4, -0.2) is 65.3 Å². The fourth-order valence-corrected chi connectivity index (χ4v) is 2.64. The molecule has 0 amide bonds. The van der Waals surface area contributed by atoms with Gasteiger partial charge in [-0.3, -0.25) is 9.69 Å². The number of ketones is 1. The third-order valence-corrected chi connectivity index (χ3v) is 3.97. The minimum Gasteiger partial charge on any atom is -0.304 e. The molecular weight excluding hydrogens is 264 g/mol. The van der Waals surface area contributed by atoms with Crippen LogP contribution in [0, 0.1) is 6.92 Å². The van der Waals surface area contributed by atoms with Gasteiger partial charge in [-0.2, -0.15) is 0 Å². The van der Waals surface area contributed by atoms with Gasteiger partial charge in [0.25, 0.3) is 0 Å². The molecule has 1 saturated heterocycles. The third-order valence-electron chi connectivity index (χ3n) is 3.97. The summed E-state index contributed by atoms with van der Waals surface area (Å²) < 4.78 is 0. The molecule has 2 heterocycles. The van der Waals surface area contributed by atoms with E-state index < -0.39 is 0 Å². The predicted molar refractivity (Wildman–Crippen MR) is 82.5 cm³/mol. The minimum absolute atomic E-state index is 0.0651. The van der Waals surface area contributed by atoms with Gasteiger partial charge in [-0.25, -0.2) is 9.97 Å². The van der Waals surface area contributed by atoms with E-state index in [2.05, 4.69) is 26.8 Å². The molecule has 0 atom stereocenters. The molecule has 0 unspecified atom stereocenters. The van der Waals surface area contributed by atoms with E-state index in [4.69, 9.17) is 0 Å². The van der Waals surface area contributed by atoms with Gasteiger partial charge in [-0.05, 0) is 26.1 Å².